The number of hydrogen-bond donors (Lipinski definition) is 1. The van der Waals surface area contributed by atoms with Crippen molar-refractivity contribution in [2.75, 3.05) is 13.1 Å². The molecule has 1 aromatic carbocycles. The molecule has 0 aliphatic rings. The molecule has 0 saturated carbocycles. The SMILES string of the molecule is CCNC(=O)C/N=C(\C)c1ccccc1F. The molecule has 0 saturated heterocycles. The van der Waals surface area contributed by atoms with Crippen molar-refractivity contribution in [2.45, 2.75) is 13.8 Å². The van der Waals surface area contributed by atoms with Crippen LogP contribution >= 0.6 is 0 Å². The van der Waals surface area contributed by atoms with E-state index in [1.807, 2.05) is 6.92 Å². The monoisotopic (exact) mass is 222 g/mol. The fourth-order valence-corrected chi connectivity index (χ4v) is 1.28. The van der Waals surface area contributed by atoms with Gasteiger partial charge in [0.2, 0.25) is 5.91 Å². The summed E-state index contributed by atoms with van der Waals surface area (Å²) in [6.07, 6.45) is 0. The van der Waals surface area contributed by atoms with Gasteiger partial charge in [0.15, 0.2) is 0 Å². The summed E-state index contributed by atoms with van der Waals surface area (Å²) in [6.45, 7) is 4.14. The lowest BCUT2D eigenvalue weighted by atomic mass is 10.1. The molecule has 1 N–H and O–H groups in total. The first kappa shape index (κ1) is 12.4. The molecule has 0 radical (unpaired) electrons. The van der Waals surface area contributed by atoms with Gasteiger partial charge in [0.25, 0.3) is 0 Å². The second-order valence-corrected chi connectivity index (χ2v) is 3.33. The smallest absolute Gasteiger partial charge is 0.241 e. The lowest BCUT2D eigenvalue weighted by Gasteiger charge is -2.03. The summed E-state index contributed by atoms with van der Waals surface area (Å²) in [5.74, 6) is -0.474. The van der Waals surface area contributed by atoms with E-state index >= 15 is 0 Å². The molecule has 0 heterocycles. The number of benzene rings is 1. The number of nitrogens with zero attached hydrogens (tertiary/aromatic N) is 1. The van der Waals surface area contributed by atoms with E-state index in [1.54, 1.807) is 25.1 Å². The Labute approximate surface area is 94.4 Å². The Bertz CT molecular complexity index is 402. The first-order valence-corrected chi connectivity index (χ1v) is 5.17. The zero-order chi connectivity index (χ0) is 12.0. The second-order valence-electron chi connectivity index (χ2n) is 3.33. The minimum atomic E-state index is -0.320. The van der Waals surface area contributed by atoms with Crippen LogP contribution in [-0.2, 0) is 4.79 Å². The van der Waals surface area contributed by atoms with Crippen molar-refractivity contribution >= 4 is 11.6 Å². The largest absolute Gasteiger partial charge is 0.355 e. The van der Waals surface area contributed by atoms with E-state index in [-0.39, 0.29) is 18.3 Å². The maximum absolute atomic E-state index is 13.3. The Morgan fingerprint density at radius 2 is 2.12 bits per heavy atom. The molecule has 0 aromatic heterocycles. The summed E-state index contributed by atoms with van der Waals surface area (Å²) in [4.78, 5) is 15.2. The summed E-state index contributed by atoms with van der Waals surface area (Å²) in [5.41, 5.74) is 0.969. The highest BCUT2D eigenvalue weighted by atomic mass is 19.1. The molecule has 0 bridgehead atoms. The van der Waals surface area contributed by atoms with Gasteiger partial charge in [0.05, 0.1) is 0 Å². The van der Waals surface area contributed by atoms with Crippen LogP contribution in [0.5, 0.6) is 0 Å². The van der Waals surface area contributed by atoms with E-state index in [2.05, 4.69) is 10.3 Å². The van der Waals surface area contributed by atoms with Crippen LogP contribution in [0.4, 0.5) is 4.39 Å². The molecule has 0 aliphatic carbocycles. The van der Waals surface area contributed by atoms with Crippen molar-refractivity contribution in [3.8, 4) is 0 Å². The van der Waals surface area contributed by atoms with Crippen molar-refractivity contribution in [3.63, 3.8) is 0 Å². The van der Waals surface area contributed by atoms with Crippen LogP contribution in [0.3, 0.4) is 0 Å². The number of aliphatic imine (C=N–C) groups is 1. The standard InChI is InChI=1S/C12H15FN2O/c1-3-14-12(16)8-15-9(2)10-6-4-5-7-11(10)13/h4-7H,3,8H2,1-2H3,(H,14,16)/b15-9+. The van der Waals surface area contributed by atoms with Crippen LogP contribution in [-0.4, -0.2) is 24.7 Å². The van der Waals surface area contributed by atoms with Gasteiger partial charge < -0.3 is 5.32 Å². The van der Waals surface area contributed by atoms with Crippen molar-refractivity contribution in [3.05, 3.63) is 35.6 Å². The average Bonchev–Trinajstić information content (AvgIpc) is 2.27. The summed E-state index contributed by atoms with van der Waals surface area (Å²) in [5, 5.41) is 2.63. The van der Waals surface area contributed by atoms with E-state index < -0.39 is 0 Å². The molecule has 0 fully saturated rings. The molecule has 86 valence electrons. The lowest BCUT2D eigenvalue weighted by Crippen LogP contribution is -2.25. The van der Waals surface area contributed by atoms with E-state index in [1.165, 1.54) is 6.07 Å². The van der Waals surface area contributed by atoms with Crippen LogP contribution in [0.1, 0.15) is 19.4 Å². The third-order valence-electron chi connectivity index (χ3n) is 2.10. The molecule has 0 atom stereocenters. The third-order valence-corrected chi connectivity index (χ3v) is 2.10. The molecule has 3 nitrogen and oxygen atoms in total. The highest BCUT2D eigenvalue weighted by Gasteiger charge is 2.04. The highest BCUT2D eigenvalue weighted by molar-refractivity contribution is 5.99. The Balaban J connectivity index is 2.71. The maximum atomic E-state index is 13.3. The van der Waals surface area contributed by atoms with Crippen LogP contribution in [0.2, 0.25) is 0 Å². The molecule has 0 aliphatic heterocycles. The van der Waals surface area contributed by atoms with Gasteiger partial charge in [-0.25, -0.2) is 4.39 Å². The van der Waals surface area contributed by atoms with E-state index in [4.69, 9.17) is 0 Å². The fraction of sp³-hybridized carbons (Fsp3) is 0.333. The molecule has 0 unspecified atom stereocenters. The van der Waals surface area contributed by atoms with Crippen LogP contribution in [0.15, 0.2) is 29.3 Å². The predicted octanol–water partition coefficient (Wildman–Crippen LogP) is 1.77. The summed E-state index contributed by atoms with van der Waals surface area (Å²) in [7, 11) is 0. The highest BCUT2D eigenvalue weighted by Crippen LogP contribution is 2.07. The Kier molecular flexibility index (Phi) is 4.64. The van der Waals surface area contributed by atoms with E-state index in [0.717, 1.165) is 0 Å². The quantitative estimate of drug-likeness (QED) is 0.775. The van der Waals surface area contributed by atoms with Gasteiger partial charge in [-0.2, -0.15) is 0 Å². The van der Waals surface area contributed by atoms with Crippen LogP contribution < -0.4 is 5.32 Å². The van der Waals surface area contributed by atoms with Gasteiger partial charge >= 0.3 is 0 Å². The van der Waals surface area contributed by atoms with Gasteiger partial charge in [0, 0.05) is 17.8 Å². The number of hydrogen-bond acceptors (Lipinski definition) is 2. The zero-order valence-electron chi connectivity index (χ0n) is 9.46. The molecule has 1 rings (SSSR count). The van der Waals surface area contributed by atoms with Gasteiger partial charge in [-0.05, 0) is 19.9 Å². The average molecular weight is 222 g/mol. The minimum Gasteiger partial charge on any atom is -0.355 e. The fourth-order valence-electron chi connectivity index (χ4n) is 1.28. The molecule has 0 spiro atoms. The van der Waals surface area contributed by atoms with Gasteiger partial charge in [0.1, 0.15) is 12.4 Å². The number of nitrogens with one attached hydrogen (secondary N) is 1. The Morgan fingerprint density at radius 1 is 1.44 bits per heavy atom. The summed E-state index contributed by atoms with van der Waals surface area (Å²) in [6, 6.07) is 6.38. The van der Waals surface area contributed by atoms with Crippen LogP contribution in [0, 0.1) is 5.82 Å². The number of likely N-dealkylation sites (N-methyl/N-ethyl adjacent to an activating group) is 1. The number of carbonyl (C=O) groups excluding carboxylic acids is 1. The summed E-state index contributed by atoms with van der Waals surface area (Å²) >= 11 is 0. The minimum absolute atomic E-state index is 0.0357. The molecular weight excluding hydrogens is 207 g/mol. The first-order valence-electron chi connectivity index (χ1n) is 5.17. The third kappa shape index (κ3) is 3.46. The van der Waals surface area contributed by atoms with Gasteiger partial charge in [-0.1, -0.05) is 18.2 Å². The lowest BCUT2D eigenvalue weighted by molar-refractivity contribution is -0.119. The topological polar surface area (TPSA) is 41.5 Å². The van der Waals surface area contributed by atoms with E-state index in [9.17, 15) is 9.18 Å². The molecular formula is C12H15FN2O. The number of carbonyl (C=O) groups is 1. The van der Waals surface area contributed by atoms with Gasteiger partial charge in [-0.15, -0.1) is 0 Å². The molecule has 4 heteroatoms. The summed E-state index contributed by atoms with van der Waals surface area (Å²) < 4.78 is 13.3. The van der Waals surface area contributed by atoms with Crippen molar-refractivity contribution in [1.82, 2.24) is 5.32 Å². The van der Waals surface area contributed by atoms with Crippen molar-refractivity contribution < 1.29 is 9.18 Å². The zero-order valence-corrected chi connectivity index (χ0v) is 9.46. The normalized spacial score (nSPS) is 11.3. The predicted molar refractivity (Wildman–Crippen MR) is 62.2 cm³/mol. The second kappa shape index (κ2) is 6.00. The van der Waals surface area contributed by atoms with Crippen molar-refractivity contribution in [1.29, 1.82) is 0 Å². The van der Waals surface area contributed by atoms with Crippen molar-refractivity contribution in [2.24, 2.45) is 4.99 Å². The number of halogens is 1. The number of amides is 1. The van der Waals surface area contributed by atoms with Gasteiger partial charge in [-0.3, -0.25) is 9.79 Å². The Hall–Kier alpha value is -1.71. The molecule has 1 aromatic rings. The van der Waals surface area contributed by atoms with Crippen LogP contribution in [0.25, 0.3) is 0 Å². The Morgan fingerprint density at radius 3 is 2.75 bits per heavy atom. The maximum Gasteiger partial charge on any atom is 0.241 e. The van der Waals surface area contributed by atoms with E-state index in [0.29, 0.717) is 17.8 Å². The molecule has 1 amide bonds. The molecule has 16 heavy (non-hydrogen) atoms. The number of rotatable bonds is 4. The first-order chi connectivity index (χ1) is 7.65.